The molecule has 3 rings (SSSR count). The molecule has 6 nitrogen and oxygen atoms in total. The lowest BCUT2D eigenvalue weighted by Gasteiger charge is -2.16. The second kappa shape index (κ2) is 8.10. The number of hydrogen-bond acceptors (Lipinski definition) is 5. The molecule has 0 bridgehead atoms. The fraction of sp³-hybridized carbons (Fsp3) is 0.400. The minimum absolute atomic E-state index is 0. The molecule has 0 saturated carbocycles. The van der Waals surface area contributed by atoms with Crippen LogP contribution >= 0.6 is 24.0 Å². The lowest BCUT2D eigenvalue weighted by atomic mass is 10.2. The smallest absolute Gasteiger partial charge is 0.137 e. The first-order valence-corrected chi connectivity index (χ1v) is 7.05. The Balaban J connectivity index is 0.00000176. The van der Waals surface area contributed by atoms with Gasteiger partial charge in [0.05, 0.1) is 11.6 Å². The second-order valence-corrected chi connectivity index (χ2v) is 5.08. The number of nitriles is 1. The summed E-state index contributed by atoms with van der Waals surface area (Å²) < 4.78 is 7.64. The zero-order valence-electron chi connectivity index (χ0n) is 12.1. The van der Waals surface area contributed by atoms with Gasteiger partial charge in [0.15, 0.2) is 0 Å². The monoisotopic (exact) mass is 411 g/mol. The van der Waals surface area contributed by atoms with Crippen molar-refractivity contribution in [2.24, 2.45) is 0 Å². The van der Waals surface area contributed by atoms with Gasteiger partial charge >= 0.3 is 0 Å². The highest BCUT2D eigenvalue weighted by molar-refractivity contribution is 14.0. The first kappa shape index (κ1) is 16.7. The van der Waals surface area contributed by atoms with E-state index in [4.69, 9.17) is 10.00 Å². The van der Waals surface area contributed by atoms with Crippen LogP contribution < -0.4 is 4.74 Å². The highest BCUT2D eigenvalue weighted by Crippen LogP contribution is 2.20. The molecule has 0 N–H and O–H groups in total. The summed E-state index contributed by atoms with van der Waals surface area (Å²) in [5.41, 5.74) is 0.583. The summed E-state index contributed by atoms with van der Waals surface area (Å²) in [5.74, 6) is 0.659. The molecular formula is C15H18IN5O. The van der Waals surface area contributed by atoms with Crippen molar-refractivity contribution < 1.29 is 4.74 Å². The van der Waals surface area contributed by atoms with E-state index >= 15 is 0 Å². The Kier molecular flexibility index (Phi) is 6.15. The lowest BCUT2D eigenvalue weighted by Crippen LogP contribution is -2.27. The van der Waals surface area contributed by atoms with Crippen LogP contribution in [-0.4, -0.2) is 45.9 Å². The summed E-state index contributed by atoms with van der Waals surface area (Å²) >= 11 is 0. The third-order valence-electron chi connectivity index (χ3n) is 3.73. The van der Waals surface area contributed by atoms with Crippen LogP contribution in [-0.2, 0) is 0 Å². The van der Waals surface area contributed by atoms with Crippen LogP contribution in [0.15, 0.2) is 36.9 Å². The molecule has 0 amide bonds. The molecule has 1 aromatic heterocycles. The molecule has 22 heavy (non-hydrogen) atoms. The van der Waals surface area contributed by atoms with Crippen molar-refractivity contribution in [3.8, 4) is 11.8 Å². The zero-order chi connectivity index (χ0) is 14.5. The molecule has 0 aliphatic carbocycles. The maximum atomic E-state index is 9.01. The predicted octanol–water partition coefficient (Wildman–Crippen LogP) is 2.09. The first-order valence-electron chi connectivity index (χ1n) is 7.05. The predicted molar refractivity (Wildman–Crippen MR) is 92.2 cm³/mol. The summed E-state index contributed by atoms with van der Waals surface area (Å²) in [6, 6.07) is 9.87. The van der Waals surface area contributed by atoms with Crippen molar-refractivity contribution >= 4 is 24.0 Å². The van der Waals surface area contributed by atoms with Crippen molar-refractivity contribution in [2.45, 2.75) is 12.5 Å². The van der Waals surface area contributed by atoms with Gasteiger partial charge in [-0.1, -0.05) is 12.1 Å². The molecule has 2 heterocycles. The van der Waals surface area contributed by atoms with Crippen molar-refractivity contribution in [2.75, 3.05) is 26.2 Å². The van der Waals surface area contributed by atoms with Gasteiger partial charge in [-0.25, -0.2) is 9.67 Å². The number of rotatable bonds is 5. The Morgan fingerprint density at radius 3 is 3.00 bits per heavy atom. The highest BCUT2D eigenvalue weighted by Gasteiger charge is 2.23. The van der Waals surface area contributed by atoms with Gasteiger partial charge in [0, 0.05) is 19.6 Å². The summed E-state index contributed by atoms with van der Waals surface area (Å²) in [4.78, 5) is 6.34. The van der Waals surface area contributed by atoms with E-state index in [-0.39, 0.29) is 24.0 Å². The number of para-hydroxylation sites is 1. The lowest BCUT2D eigenvalue weighted by molar-refractivity contribution is 0.231. The summed E-state index contributed by atoms with van der Waals surface area (Å²) in [5, 5.41) is 13.2. The van der Waals surface area contributed by atoms with Crippen molar-refractivity contribution in [3.05, 3.63) is 42.5 Å². The SMILES string of the molecule is I.N#Cc1ccccc1OCCN1CCC(n2cncn2)C1. The maximum absolute atomic E-state index is 9.01. The van der Waals surface area contributed by atoms with Gasteiger partial charge in [-0.15, -0.1) is 24.0 Å². The van der Waals surface area contributed by atoms with Gasteiger partial charge in [0.1, 0.15) is 31.1 Å². The third-order valence-corrected chi connectivity index (χ3v) is 3.73. The number of aromatic nitrogens is 3. The van der Waals surface area contributed by atoms with Crippen molar-refractivity contribution in [1.82, 2.24) is 19.7 Å². The Bertz CT molecular complexity index is 625. The molecule has 1 fully saturated rings. The standard InChI is InChI=1S/C15H17N5O.HI/c16-9-13-3-1-2-4-15(13)21-8-7-19-6-5-14(10-19)20-12-17-11-18-20;/h1-4,11-12,14H,5-8,10H2;1H. The summed E-state index contributed by atoms with van der Waals surface area (Å²) in [7, 11) is 0. The van der Waals surface area contributed by atoms with Crippen LogP contribution in [0, 0.1) is 11.3 Å². The topological polar surface area (TPSA) is 67.0 Å². The van der Waals surface area contributed by atoms with E-state index in [2.05, 4.69) is 21.1 Å². The molecule has 1 saturated heterocycles. The van der Waals surface area contributed by atoms with E-state index in [1.165, 1.54) is 0 Å². The fourth-order valence-electron chi connectivity index (χ4n) is 2.61. The van der Waals surface area contributed by atoms with Crippen molar-refractivity contribution in [3.63, 3.8) is 0 Å². The second-order valence-electron chi connectivity index (χ2n) is 5.08. The number of nitrogens with zero attached hydrogens (tertiary/aromatic N) is 5. The molecule has 1 aliphatic rings. The Hall–Kier alpha value is -1.66. The van der Waals surface area contributed by atoms with E-state index in [1.54, 1.807) is 18.7 Å². The molecule has 0 spiro atoms. The molecular weight excluding hydrogens is 393 g/mol. The number of likely N-dealkylation sites (tertiary alicyclic amines) is 1. The Morgan fingerprint density at radius 1 is 1.36 bits per heavy atom. The average Bonchev–Trinajstić information content (AvgIpc) is 3.18. The summed E-state index contributed by atoms with van der Waals surface area (Å²) in [6.07, 6.45) is 4.43. The first-order chi connectivity index (χ1) is 10.4. The zero-order valence-corrected chi connectivity index (χ0v) is 14.5. The summed E-state index contributed by atoms with van der Waals surface area (Å²) in [6.45, 7) is 3.44. The molecule has 116 valence electrons. The third kappa shape index (κ3) is 3.96. The quantitative estimate of drug-likeness (QED) is 0.706. The number of halogens is 1. The molecule has 1 aromatic carbocycles. The van der Waals surface area contributed by atoms with E-state index in [0.29, 0.717) is 24.0 Å². The van der Waals surface area contributed by atoms with Crippen LogP contribution in [0.5, 0.6) is 5.75 Å². The molecule has 1 atom stereocenters. The van der Waals surface area contributed by atoms with Gasteiger partial charge < -0.3 is 4.74 Å². The minimum Gasteiger partial charge on any atom is -0.491 e. The van der Waals surface area contributed by atoms with Gasteiger partial charge in [-0.05, 0) is 18.6 Å². The molecule has 0 radical (unpaired) electrons. The van der Waals surface area contributed by atoms with Crippen LogP contribution in [0.3, 0.4) is 0 Å². The molecule has 2 aromatic rings. The van der Waals surface area contributed by atoms with E-state index in [0.717, 1.165) is 26.1 Å². The van der Waals surface area contributed by atoms with Crippen molar-refractivity contribution in [1.29, 1.82) is 5.26 Å². The maximum Gasteiger partial charge on any atom is 0.137 e. The van der Waals surface area contributed by atoms with Gasteiger partial charge in [-0.3, -0.25) is 4.90 Å². The van der Waals surface area contributed by atoms with Crippen LogP contribution in [0.2, 0.25) is 0 Å². The van der Waals surface area contributed by atoms with Gasteiger partial charge in [0.2, 0.25) is 0 Å². The number of hydrogen-bond donors (Lipinski definition) is 0. The van der Waals surface area contributed by atoms with Gasteiger partial charge in [0.25, 0.3) is 0 Å². The fourth-order valence-corrected chi connectivity index (χ4v) is 2.61. The van der Waals surface area contributed by atoms with E-state index in [1.807, 2.05) is 22.9 Å². The normalized spacial score (nSPS) is 17.7. The van der Waals surface area contributed by atoms with Crippen LogP contribution in [0.4, 0.5) is 0 Å². The van der Waals surface area contributed by atoms with Gasteiger partial charge in [-0.2, -0.15) is 10.4 Å². The van der Waals surface area contributed by atoms with Crippen LogP contribution in [0.25, 0.3) is 0 Å². The largest absolute Gasteiger partial charge is 0.491 e. The average molecular weight is 411 g/mol. The molecule has 1 unspecified atom stereocenters. The molecule has 1 aliphatic heterocycles. The minimum atomic E-state index is 0. The Labute approximate surface area is 146 Å². The number of ether oxygens (including phenoxy) is 1. The molecule has 7 heteroatoms. The van der Waals surface area contributed by atoms with E-state index in [9.17, 15) is 0 Å². The highest BCUT2D eigenvalue weighted by atomic mass is 127. The Morgan fingerprint density at radius 2 is 2.23 bits per heavy atom. The van der Waals surface area contributed by atoms with Crippen LogP contribution in [0.1, 0.15) is 18.0 Å². The van der Waals surface area contributed by atoms with E-state index < -0.39 is 0 Å². The number of benzene rings is 1.